The summed E-state index contributed by atoms with van der Waals surface area (Å²) >= 11 is 0. The van der Waals surface area contributed by atoms with Gasteiger partial charge in [-0.05, 0) is 56.4 Å². The van der Waals surface area contributed by atoms with E-state index in [9.17, 15) is 9.59 Å². The zero-order valence-electron chi connectivity index (χ0n) is 14.4. The number of amides is 2. The average molecular weight is 324 g/mol. The van der Waals surface area contributed by atoms with Crippen molar-refractivity contribution in [2.45, 2.75) is 51.6 Å². The first kappa shape index (κ1) is 15.4. The smallest absolute Gasteiger partial charge is 0.228 e. The Kier molecular flexibility index (Phi) is 3.70. The number of aryl methyl sites for hydroxylation is 2. The van der Waals surface area contributed by atoms with Crippen LogP contribution >= 0.6 is 0 Å². The van der Waals surface area contributed by atoms with Crippen LogP contribution in [0.4, 0.5) is 5.69 Å². The Hall–Kier alpha value is -2.10. The second-order valence-electron chi connectivity index (χ2n) is 7.38. The molecular weight excluding hydrogens is 300 g/mol. The summed E-state index contributed by atoms with van der Waals surface area (Å²) in [5.41, 5.74) is 3.31. The monoisotopic (exact) mass is 324 g/mol. The Balaban J connectivity index is 1.52. The molecule has 0 aromatic heterocycles. The molecule has 2 amide bonds. The first-order valence-corrected chi connectivity index (χ1v) is 8.91. The molecule has 0 spiro atoms. The van der Waals surface area contributed by atoms with Gasteiger partial charge in [-0.2, -0.15) is 0 Å². The van der Waals surface area contributed by atoms with Crippen molar-refractivity contribution in [3.8, 4) is 0 Å². The van der Waals surface area contributed by atoms with Gasteiger partial charge in [-0.25, -0.2) is 0 Å². The molecule has 3 heterocycles. The molecule has 126 valence electrons. The van der Waals surface area contributed by atoms with E-state index in [0.29, 0.717) is 19.0 Å². The lowest BCUT2D eigenvalue weighted by Gasteiger charge is -2.33. The Labute approximate surface area is 143 Å². The van der Waals surface area contributed by atoms with E-state index in [1.165, 1.54) is 11.1 Å². The van der Waals surface area contributed by atoms with Crippen molar-refractivity contribution in [3.05, 3.63) is 41.5 Å². The normalized spacial score (nSPS) is 28.8. The fraction of sp³-hybridized carbons (Fsp3) is 0.500. The largest absolute Gasteiger partial charge is 0.333 e. The van der Waals surface area contributed by atoms with Crippen molar-refractivity contribution < 1.29 is 9.59 Å². The molecule has 3 aliphatic heterocycles. The number of benzene rings is 1. The number of carbonyl (C=O) groups is 2. The quantitative estimate of drug-likeness (QED) is 0.785. The molecule has 4 rings (SSSR count). The topological polar surface area (TPSA) is 40.6 Å². The van der Waals surface area contributed by atoms with Gasteiger partial charge in [0, 0.05) is 24.7 Å². The first-order chi connectivity index (χ1) is 11.5. The highest BCUT2D eigenvalue weighted by Crippen LogP contribution is 2.35. The van der Waals surface area contributed by atoms with E-state index in [2.05, 4.69) is 30.9 Å². The number of nitrogens with zero attached hydrogens (tertiary/aromatic N) is 2. The molecule has 2 bridgehead atoms. The van der Waals surface area contributed by atoms with Gasteiger partial charge in [-0.15, -0.1) is 0 Å². The minimum atomic E-state index is -0.200. The Morgan fingerprint density at radius 1 is 1.17 bits per heavy atom. The Morgan fingerprint density at radius 2 is 2.00 bits per heavy atom. The zero-order valence-corrected chi connectivity index (χ0v) is 14.4. The van der Waals surface area contributed by atoms with Crippen LogP contribution in [-0.2, 0) is 9.59 Å². The van der Waals surface area contributed by atoms with E-state index in [0.717, 1.165) is 24.9 Å². The number of fused-ring (bicyclic) bond motifs is 2. The van der Waals surface area contributed by atoms with Crippen LogP contribution in [0.3, 0.4) is 0 Å². The van der Waals surface area contributed by atoms with Crippen LogP contribution in [0.25, 0.3) is 0 Å². The van der Waals surface area contributed by atoms with Crippen molar-refractivity contribution in [2.75, 3.05) is 11.4 Å². The maximum Gasteiger partial charge on any atom is 0.228 e. The van der Waals surface area contributed by atoms with Crippen molar-refractivity contribution in [1.29, 1.82) is 0 Å². The molecule has 0 unspecified atom stereocenters. The van der Waals surface area contributed by atoms with Crippen LogP contribution in [0.2, 0.25) is 0 Å². The Bertz CT molecular complexity index is 724. The maximum atomic E-state index is 13.0. The maximum absolute atomic E-state index is 13.0. The molecule has 2 saturated heterocycles. The molecule has 1 aromatic rings. The number of rotatable bonds is 2. The summed E-state index contributed by atoms with van der Waals surface area (Å²) in [6.45, 7) is 4.64. The molecule has 2 fully saturated rings. The summed E-state index contributed by atoms with van der Waals surface area (Å²) in [5.74, 6) is 0.0387. The molecule has 1 aromatic carbocycles. The van der Waals surface area contributed by atoms with Gasteiger partial charge in [0.05, 0.1) is 12.0 Å². The molecular formula is C20H24N2O2. The van der Waals surface area contributed by atoms with Gasteiger partial charge in [0.2, 0.25) is 11.8 Å². The van der Waals surface area contributed by atoms with Gasteiger partial charge < -0.3 is 9.80 Å². The fourth-order valence-corrected chi connectivity index (χ4v) is 4.30. The minimum Gasteiger partial charge on any atom is -0.333 e. The number of carbonyl (C=O) groups excluding carboxylic acids is 2. The summed E-state index contributed by atoms with van der Waals surface area (Å²) in [4.78, 5) is 29.4. The molecule has 4 nitrogen and oxygen atoms in total. The second-order valence-corrected chi connectivity index (χ2v) is 7.38. The van der Waals surface area contributed by atoms with Gasteiger partial charge in [0.25, 0.3) is 0 Å². The molecule has 4 heteroatoms. The molecule has 0 N–H and O–H groups in total. The predicted octanol–water partition coefficient (Wildman–Crippen LogP) is 2.98. The SMILES string of the molecule is Cc1ccc(N2C[C@@H](C(=O)N3[C@H]4CC=C[C@H]3CC4)CC2=O)cc1C. The lowest BCUT2D eigenvalue weighted by molar-refractivity contribution is -0.138. The van der Waals surface area contributed by atoms with E-state index in [1.807, 2.05) is 18.2 Å². The Morgan fingerprint density at radius 3 is 2.75 bits per heavy atom. The van der Waals surface area contributed by atoms with E-state index in [-0.39, 0.29) is 23.8 Å². The van der Waals surface area contributed by atoms with Gasteiger partial charge in [0.1, 0.15) is 0 Å². The minimum absolute atomic E-state index is 0.0662. The highest BCUT2D eigenvalue weighted by molar-refractivity contribution is 6.00. The second kappa shape index (κ2) is 5.76. The molecule has 3 atom stereocenters. The van der Waals surface area contributed by atoms with E-state index in [4.69, 9.17) is 0 Å². The predicted molar refractivity (Wildman–Crippen MR) is 93.8 cm³/mol. The lowest BCUT2D eigenvalue weighted by atomic mass is 10.0. The van der Waals surface area contributed by atoms with E-state index >= 15 is 0 Å². The van der Waals surface area contributed by atoms with Crippen LogP contribution < -0.4 is 4.90 Å². The van der Waals surface area contributed by atoms with Crippen molar-refractivity contribution in [2.24, 2.45) is 5.92 Å². The standard InChI is InChI=1S/C20H24N2O2/c1-13-6-7-18(10-14(13)2)21-12-15(11-19(21)23)20(24)22-16-4-3-5-17(22)9-8-16/h3-4,6-7,10,15-17H,5,8-9,11-12H2,1-2H3/t15-,16-,17-/m0/s1. The van der Waals surface area contributed by atoms with Gasteiger partial charge in [-0.1, -0.05) is 18.2 Å². The third-order valence-corrected chi connectivity index (χ3v) is 5.84. The highest BCUT2D eigenvalue weighted by Gasteiger charge is 2.43. The third-order valence-electron chi connectivity index (χ3n) is 5.84. The molecule has 0 saturated carbocycles. The average Bonchev–Trinajstić information content (AvgIpc) is 3.07. The molecule has 0 radical (unpaired) electrons. The van der Waals surface area contributed by atoms with Crippen LogP contribution in [0.15, 0.2) is 30.4 Å². The van der Waals surface area contributed by atoms with E-state index < -0.39 is 0 Å². The third kappa shape index (κ3) is 2.45. The number of hydrogen-bond acceptors (Lipinski definition) is 2. The van der Waals surface area contributed by atoms with Crippen LogP contribution in [0, 0.1) is 19.8 Å². The fourth-order valence-electron chi connectivity index (χ4n) is 4.30. The highest BCUT2D eigenvalue weighted by atomic mass is 16.2. The van der Waals surface area contributed by atoms with E-state index in [1.54, 1.807) is 4.90 Å². The van der Waals surface area contributed by atoms with Crippen LogP contribution in [-0.4, -0.2) is 35.3 Å². The first-order valence-electron chi connectivity index (χ1n) is 8.91. The van der Waals surface area contributed by atoms with Crippen LogP contribution in [0.5, 0.6) is 0 Å². The lowest BCUT2D eigenvalue weighted by Crippen LogP contribution is -2.45. The molecule has 3 aliphatic rings. The summed E-state index contributed by atoms with van der Waals surface area (Å²) in [6, 6.07) is 6.68. The number of anilines is 1. The van der Waals surface area contributed by atoms with Crippen LogP contribution in [0.1, 0.15) is 36.8 Å². The summed E-state index contributed by atoms with van der Waals surface area (Å²) in [5, 5.41) is 0. The van der Waals surface area contributed by atoms with Gasteiger partial charge in [0.15, 0.2) is 0 Å². The van der Waals surface area contributed by atoms with Crippen molar-refractivity contribution >= 4 is 17.5 Å². The van der Waals surface area contributed by atoms with Gasteiger partial charge >= 0.3 is 0 Å². The zero-order chi connectivity index (χ0) is 16.8. The summed E-state index contributed by atoms with van der Waals surface area (Å²) in [6.07, 6.45) is 7.82. The van der Waals surface area contributed by atoms with Crippen molar-refractivity contribution in [1.82, 2.24) is 4.90 Å². The molecule has 0 aliphatic carbocycles. The number of hydrogen-bond donors (Lipinski definition) is 0. The molecule has 24 heavy (non-hydrogen) atoms. The summed E-state index contributed by atoms with van der Waals surface area (Å²) < 4.78 is 0. The van der Waals surface area contributed by atoms with Crippen molar-refractivity contribution in [3.63, 3.8) is 0 Å². The summed E-state index contributed by atoms with van der Waals surface area (Å²) in [7, 11) is 0. The van der Waals surface area contributed by atoms with Gasteiger partial charge in [-0.3, -0.25) is 9.59 Å².